The Kier molecular flexibility index (Phi) is 5.57. The highest BCUT2D eigenvalue weighted by molar-refractivity contribution is 4.69. The Morgan fingerprint density at radius 2 is 2.28 bits per heavy atom. The number of aliphatic hydroxyl groups excluding tert-OH is 1. The summed E-state index contributed by atoms with van der Waals surface area (Å²) in [5.74, 6) is 0. The summed E-state index contributed by atoms with van der Waals surface area (Å²) in [5.41, 5.74) is 0. The fraction of sp³-hybridized carbons (Fsp3) is 0.833. The van der Waals surface area contributed by atoms with Crippen LogP contribution in [0.3, 0.4) is 0 Å². The van der Waals surface area contributed by atoms with E-state index in [0.717, 1.165) is 25.9 Å². The Morgan fingerprint density at radius 3 is 3.00 bits per heavy atom. The topological polar surface area (TPSA) is 72.2 Å². The molecule has 2 N–H and O–H groups in total. The summed E-state index contributed by atoms with van der Waals surface area (Å²) in [6, 6.07) is 0. The average molecular weight is 254 g/mol. The largest absolute Gasteiger partial charge is 0.389 e. The van der Waals surface area contributed by atoms with Crippen LogP contribution in [0.5, 0.6) is 0 Å². The minimum Gasteiger partial charge on any atom is -0.389 e. The summed E-state index contributed by atoms with van der Waals surface area (Å²) in [6.07, 6.45) is 8.23. The van der Waals surface area contributed by atoms with Crippen LogP contribution >= 0.6 is 0 Å². The van der Waals surface area contributed by atoms with Crippen LogP contribution in [0.1, 0.15) is 25.7 Å². The third-order valence-corrected chi connectivity index (χ3v) is 3.20. The standard InChI is InChI=1S/C12H22N4O2/c17-11(10-18-12-3-1-2-4-12)9-13-5-7-16-8-6-14-15-16/h6,8,11-13,17H,1-5,7,9-10H2. The molecule has 0 saturated heterocycles. The van der Waals surface area contributed by atoms with Gasteiger partial charge in [0.2, 0.25) is 0 Å². The third kappa shape index (κ3) is 4.72. The number of ether oxygens (including phenoxy) is 1. The van der Waals surface area contributed by atoms with E-state index in [4.69, 9.17) is 4.74 Å². The molecule has 1 aromatic heterocycles. The van der Waals surface area contributed by atoms with Gasteiger partial charge in [-0.3, -0.25) is 4.68 Å². The number of nitrogens with zero attached hydrogens (tertiary/aromatic N) is 3. The van der Waals surface area contributed by atoms with Gasteiger partial charge in [-0.25, -0.2) is 0 Å². The Bertz CT molecular complexity index is 312. The molecule has 0 bridgehead atoms. The summed E-state index contributed by atoms with van der Waals surface area (Å²) in [7, 11) is 0. The van der Waals surface area contributed by atoms with Gasteiger partial charge in [-0.05, 0) is 12.8 Å². The van der Waals surface area contributed by atoms with Gasteiger partial charge in [-0.15, -0.1) is 5.10 Å². The third-order valence-electron chi connectivity index (χ3n) is 3.20. The van der Waals surface area contributed by atoms with Crippen LogP contribution in [0, 0.1) is 0 Å². The summed E-state index contributed by atoms with van der Waals surface area (Å²) in [5, 5.41) is 20.5. The fourth-order valence-corrected chi connectivity index (χ4v) is 2.18. The monoisotopic (exact) mass is 254 g/mol. The van der Waals surface area contributed by atoms with Gasteiger partial charge in [-0.1, -0.05) is 18.1 Å². The van der Waals surface area contributed by atoms with E-state index in [-0.39, 0.29) is 0 Å². The summed E-state index contributed by atoms with van der Waals surface area (Å²) < 4.78 is 7.41. The minimum absolute atomic E-state index is 0.370. The maximum absolute atomic E-state index is 9.74. The first-order valence-corrected chi connectivity index (χ1v) is 6.69. The molecule has 0 amide bonds. The molecule has 0 aromatic carbocycles. The Labute approximate surface area is 107 Å². The number of nitrogens with one attached hydrogen (secondary N) is 1. The second kappa shape index (κ2) is 7.45. The second-order valence-electron chi connectivity index (χ2n) is 4.76. The lowest BCUT2D eigenvalue weighted by molar-refractivity contribution is -0.00540. The predicted molar refractivity (Wildman–Crippen MR) is 67.1 cm³/mol. The smallest absolute Gasteiger partial charge is 0.0897 e. The SMILES string of the molecule is OC(CNCCn1ccnn1)COC1CCCC1. The maximum atomic E-state index is 9.74. The van der Waals surface area contributed by atoms with Crippen molar-refractivity contribution in [2.24, 2.45) is 0 Å². The van der Waals surface area contributed by atoms with Gasteiger partial charge < -0.3 is 15.2 Å². The lowest BCUT2D eigenvalue weighted by Crippen LogP contribution is -2.33. The zero-order valence-electron chi connectivity index (χ0n) is 10.7. The minimum atomic E-state index is -0.429. The van der Waals surface area contributed by atoms with Crippen LogP contribution in [0.4, 0.5) is 0 Å². The van der Waals surface area contributed by atoms with Crippen molar-refractivity contribution in [1.29, 1.82) is 0 Å². The summed E-state index contributed by atoms with van der Waals surface area (Å²) >= 11 is 0. The molecule has 2 rings (SSSR count). The van der Waals surface area contributed by atoms with Crippen LogP contribution in [-0.4, -0.2) is 52.0 Å². The first kappa shape index (κ1) is 13.5. The van der Waals surface area contributed by atoms with E-state index in [1.807, 2.05) is 6.20 Å². The molecule has 0 spiro atoms. The lowest BCUT2D eigenvalue weighted by atomic mass is 10.3. The number of aromatic nitrogens is 3. The number of hydrogen-bond donors (Lipinski definition) is 2. The van der Waals surface area contributed by atoms with E-state index in [1.54, 1.807) is 10.9 Å². The number of hydrogen-bond acceptors (Lipinski definition) is 5. The van der Waals surface area contributed by atoms with Gasteiger partial charge in [0, 0.05) is 19.3 Å². The summed E-state index contributed by atoms with van der Waals surface area (Å²) in [4.78, 5) is 0. The van der Waals surface area contributed by atoms with Gasteiger partial charge in [0.1, 0.15) is 0 Å². The molecule has 1 fully saturated rings. The van der Waals surface area contributed by atoms with Crippen molar-refractivity contribution in [2.75, 3.05) is 19.7 Å². The zero-order chi connectivity index (χ0) is 12.6. The molecule has 1 unspecified atom stereocenters. The zero-order valence-corrected chi connectivity index (χ0v) is 10.7. The molecular weight excluding hydrogens is 232 g/mol. The lowest BCUT2D eigenvalue weighted by Gasteiger charge is -2.15. The molecular formula is C12H22N4O2. The van der Waals surface area contributed by atoms with E-state index in [1.165, 1.54) is 12.8 Å². The van der Waals surface area contributed by atoms with Gasteiger partial charge in [0.05, 0.1) is 31.6 Å². The molecule has 1 aliphatic rings. The first-order chi connectivity index (χ1) is 8.84. The molecule has 102 valence electrons. The molecule has 18 heavy (non-hydrogen) atoms. The molecule has 6 nitrogen and oxygen atoms in total. The van der Waals surface area contributed by atoms with Crippen molar-refractivity contribution in [2.45, 2.75) is 44.4 Å². The molecule has 0 aliphatic heterocycles. The van der Waals surface area contributed by atoms with E-state index < -0.39 is 6.10 Å². The number of aliphatic hydroxyl groups is 1. The van der Waals surface area contributed by atoms with E-state index in [9.17, 15) is 5.11 Å². The molecule has 6 heteroatoms. The van der Waals surface area contributed by atoms with Crippen molar-refractivity contribution >= 4 is 0 Å². The molecule has 1 saturated carbocycles. The van der Waals surface area contributed by atoms with Gasteiger partial charge >= 0.3 is 0 Å². The highest BCUT2D eigenvalue weighted by atomic mass is 16.5. The maximum Gasteiger partial charge on any atom is 0.0897 e. The van der Waals surface area contributed by atoms with Crippen LogP contribution < -0.4 is 5.32 Å². The Hall–Kier alpha value is -0.980. The van der Waals surface area contributed by atoms with Crippen molar-refractivity contribution in [3.8, 4) is 0 Å². The molecule has 0 radical (unpaired) electrons. The van der Waals surface area contributed by atoms with Crippen LogP contribution in [-0.2, 0) is 11.3 Å². The van der Waals surface area contributed by atoms with E-state index in [0.29, 0.717) is 19.3 Å². The first-order valence-electron chi connectivity index (χ1n) is 6.69. The highest BCUT2D eigenvalue weighted by Gasteiger charge is 2.16. The van der Waals surface area contributed by atoms with Crippen molar-refractivity contribution in [3.05, 3.63) is 12.4 Å². The quantitative estimate of drug-likeness (QED) is 0.648. The Balaban J connectivity index is 1.47. The molecule has 1 heterocycles. The van der Waals surface area contributed by atoms with Crippen LogP contribution in [0.2, 0.25) is 0 Å². The van der Waals surface area contributed by atoms with Crippen molar-refractivity contribution < 1.29 is 9.84 Å². The molecule has 1 aliphatic carbocycles. The molecule has 1 aromatic rings. The van der Waals surface area contributed by atoms with Gasteiger partial charge in [0.25, 0.3) is 0 Å². The normalized spacial score (nSPS) is 18.3. The van der Waals surface area contributed by atoms with Crippen LogP contribution in [0.15, 0.2) is 12.4 Å². The van der Waals surface area contributed by atoms with Crippen molar-refractivity contribution in [3.63, 3.8) is 0 Å². The van der Waals surface area contributed by atoms with E-state index in [2.05, 4.69) is 15.6 Å². The number of rotatable bonds is 8. The summed E-state index contributed by atoms with van der Waals surface area (Å²) in [6.45, 7) is 2.52. The van der Waals surface area contributed by atoms with E-state index >= 15 is 0 Å². The van der Waals surface area contributed by atoms with Gasteiger partial charge in [-0.2, -0.15) is 0 Å². The highest BCUT2D eigenvalue weighted by Crippen LogP contribution is 2.20. The van der Waals surface area contributed by atoms with Crippen molar-refractivity contribution in [1.82, 2.24) is 20.3 Å². The second-order valence-corrected chi connectivity index (χ2v) is 4.76. The average Bonchev–Trinajstić information content (AvgIpc) is 3.04. The van der Waals surface area contributed by atoms with Gasteiger partial charge in [0.15, 0.2) is 0 Å². The Morgan fingerprint density at radius 1 is 1.44 bits per heavy atom. The predicted octanol–water partition coefficient (Wildman–Crippen LogP) is 0.188. The van der Waals surface area contributed by atoms with Crippen LogP contribution in [0.25, 0.3) is 0 Å². The fourth-order valence-electron chi connectivity index (χ4n) is 2.18. The molecule has 1 atom stereocenters.